The van der Waals surface area contributed by atoms with Gasteiger partial charge in [-0.3, -0.25) is 11.3 Å². The van der Waals surface area contributed by atoms with Crippen LogP contribution in [0.25, 0.3) is 0 Å². The Morgan fingerprint density at radius 1 is 1.27 bits per heavy atom. The standard InChI is InChI=1S/C11H27N3O/c1-4-9-15-10-11(13-12)7-8-14(5-2)6-3/h11,13H,4-10,12H2,1-3H3. The minimum Gasteiger partial charge on any atom is -0.380 e. The number of hydrogen-bond acceptors (Lipinski definition) is 4. The second kappa shape index (κ2) is 10.4. The van der Waals surface area contributed by atoms with Crippen molar-refractivity contribution in [3.8, 4) is 0 Å². The molecule has 92 valence electrons. The highest BCUT2D eigenvalue weighted by atomic mass is 16.5. The highest BCUT2D eigenvalue weighted by Crippen LogP contribution is 1.97. The second-order valence-corrected chi connectivity index (χ2v) is 3.75. The van der Waals surface area contributed by atoms with Crippen molar-refractivity contribution in [3.05, 3.63) is 0 Å². The van der Waals surface area contributed by atoms with Crippen LogP contribution in [0.2, 0.25) is 0 Å². The number of hydrazine groups is 1. The molecule has 15 heavy (non-hydrogen) atoms. The normalized spacial score (nSPS) is 13.4. The fourth-order valence-corrected chi connectivity index (χ4v) is 1.46. The molecular formula is C11H27N3O. The number of hydrogen-bond donors (Lipinski definition) is 2. The Morgan fingerprint density at radius 3 is 2.40 bits per heavy atom. The minimum atomic E-state index is 0.275. The summed E-state index contributed by atoms with van der Waals surface area (Å²) in [6.07, 6.45) is 2.11. The molecule has 0 fully saturated rings. The second-order valence-electron chi connectivity index (χ2n) is 3.75. The van der Waals surface area contributed by atoms with Gasteiger partial charge < -0.3 is 9.64 Å². The molecule has 0 saturated carbocycles. The zero-order chi connectivity index (χ0) is 11.5. The average Bonchev–Trinajstić information content (AvgIpc) is 2.28. The van der Waals surface area contributed by atoms with Gasteiger partial charge in [-0.2, -0.15) is 0 Å². The topological polar surface area (TPSA) is 50.5 Å². The Hall–Kier alpha value is -0.160. The van der Waals surface area contributed by atoms with Crippen LogP contribution in [0, 0.1) is 0 Å². The predicted octanol–water partition coefficient (Wildman–Crippen LogP) is 0.977. The Bertz CT molecular complexity index is 129. The Balaban J connectivity index is 3.59. The molecule has 0 rings (SSSR count). The van der Waals surface area contributed by atoms with Crippen LogP contribution in [0.1, 0.15) is 33.6 Å². The van der Waals surface area contributed by atoms with Gasteiger partial charge in [-0.1, -0.05) is 20.8 Å². The molecule has 0 bridgehead atoms. The molecule has 0 aliphatic carbocycles. The van der Waals surface area contributed by atoms with E-state index < -0.39 is 0 Å². The van der Waals surface area contributed by atoms with Crippen LogP contribution in [0.15, 0.2) is 0 Å². The zero-order valence-corrected chi connectivity index (χ0v) is 10.5. The molecule has 3 N–H and O–H groups in total. The summed E-state index contributed by atoms with van der Waals surface area (Å²) >= 11 is 0. The molecule has 4 heteroatoms. The van der Waals surface area contributed by atoms with E-state index >= 15 is 0 Å². The Morgan fingerprint density at radius 2 is 1.93 bits per heavy atom. The minimum absolute atomic E-state index is 0.275. The lowest BCUT2D eigenvalue weighted by atomic mass is 10.2. The number of ether oxygens (including phenoxy) is 1. The monoisotopic (exact) mass is 217 g/mol. The zero-order valence-electron chi connectivity index (χ0n) is 10.5. The van der Waals surface area contributed by atoms with E-state index in [1.54, 1.807) is 0 Å². The van der Waals surface area contributed by atoms with Gasteiger partial charge in [0.25, 0.3) is 0 Å². The van der Waals surface area contributed by atoms with Crippen molar-refractivity contribution >= 4 is 0 Å². The lowest BCUT2D eigenvalue weighted by Crippen LogP contribution is -2.41. The summed E-state index contributed by atoms with van der Waals surface area (Å²) in [6, 6.07) is 0.275. The molecule has 1 atom stereocenters. The summed E-state index contributed by atoms with van der Waals surface area (Å²) < 4.78 is 5.47. The summed E-state index contributed by atoms with van der Waals surface area (Å²) in [5.74, 6) is 5.48. The van der Waals surface area contributed by atoms with Gasteiger partial charge in [0.2, 0.25) is 0 Å². The van der Waals surface area contributed by atoms with Crippen molar-refractivity contribution in [2.75, 3.05) is 32.8 Å². The van der Waals surface area contributed by atoms with Gasteiger partial charge in [-0.05, 0) is 32.5 Å². The van der Waals surface area contributed by atoms with E-state index in [2.05, 4.69) is 31.1 Å². The molecular weight excluding hydrogens is 190 g/mol. The van der Waals surface area contributed by atoms with Crippen LogP contribution in [0.5, 0.6) is 0 Å². The van der Waals surface area contributed by atoms with Gasteiger partial charge in [0, 0.05) is 12.6 Å². The molecule has 1 unspecified atom stereocenters. The third-order valence-electron chi connectivity index (χ3n) is 2.59. The average molecular weight is 217 g/mol. The van der Waals surface area contributed by atoms with E-state index in [1.807, 2.05) is 0 Å². The smallest absolute Gasteiger partial charge is 0.0633 e. The van der Waals surface area contributed by atoms with Gasteiger partial charge in [-0.15, -0.1) is 0 Å². The van der Waals surface area contributed by atoms with Crippen LogP contribution >= 0.6 is 0 Å². The summed E-state index contributed by atoms with van der Waals surface area (Å²) in [7, 11) is 0. The molecule has 0 aliphatic heterocycles. The largest absolute Gasteiger partial charge is 0.380 e. The van der Waals surface area contributed by atoms with Crippen LogP contribution in [0.4, 0.5) is 0 Å². The van der Waals surface area contributed by atoms with E-state index in [0.717, 1.165) is 39.1 Å². The van der Waals surface area contributed by atoms with Crippen LogP contribution in [-0.4, -0.2) is 43.8 Å². The van der Waals surface area contributed by atoms with E-state index in [0.29, 0.717) is 6.61 Å². The first kappa shape index (κ1) is 14.8. The van der Waals surface area contributed by atoms with Gasteiger partial charge in [0.1, 0.15) is 0 Å². The molecule has 0 heterocycles. The van der Waals surface area contributed by atoms with Gasteiger partial charge >= 0.3 is 0 Å². The molecule has 0 aromatic heterocycles. The number of nitrogens with two attached hydrogens (primary N) is 1. The van der Waals surface area contributed by atoms with Crippen molar-refractivity contribution in [1.29, 1.82) is 0 Å². The van der Waals surface area contributed by atoms with Gasteiger partial charge in [-0.25, -0.2) is 0 Å². The molecule has 0 spiro atoms. The highest BCUT2D eigenvalue weighted by Gasteiger charge is 2.08. The molecule has 0 aliphatic rings. The molecule has 0 saturated heterocycles. The molecule has 0 aromatic carbocycles. The van der Waals surface area contributed by atoms with Crippen molar-refractivity contribution in [3.63, 3.8) is 0 Å². The number of nitrogens with one attached hydrogen (secondary N) is 1. The first-order chi connectivity index (χ1) is 7.28. The maximum absolute atomic E-state index is 5.48. The van der Waals surface area contributed by atoms with Gasteiger partial charge in [0.05, 0.1) is 6.61 Å². The Labute approximate surface area is 94.1 Å². The van der Waals surface area contributed by atoms with E-state index in [-0.39, 0.29) is 6.04 Å². The third kappa shape index (κ3) is 7.73. The number of nitrogens with zero attached hydrogens (tertiary/aromatic N) is 1. The lowest BCUT2D eigenvalue weighted by Gasteiger charge is -2.22. The molecule has 0 amide bonds. The summed E-state index contributed by atoms with van der Waals surface area (Å²) in [5.41, 5.74) is 2.81. The number of rotatable bonds is 10. The van der Waals surface area contributed by atoms with E-state index in [4.69, 9.17) is 10.6 Å². The maximum atomic E-state index is 5.48. The molecule has 4 nitrogen and oxygen atoms in total. The fraction of sp³-hybridized carbons (Fsp3) is 1.00. The van der Waals surface area contributed by atoms with Crippen molar-refractivity contribution in [1.82, 2.24) is 10.3 Å². The summed E-state index contributed by atoms with van der Waals surface area (Å²) in [5, 5.41) is 0. The lowest BCUT2D eigenvalue weighted by molar-refractivity contribution is 0.105. The predicted molar refractivity (Wildman–Crippen MR) is 64.6 cm³/mol. The highest BCUT2D eigenvalue weighted by molar-refractivity contribution is 4.65. The SMILES string of the molecule is CCCOCC(CCN(CC)CC)NN. The van der Waals surface area contributed by atoms with Crippen molar-refractivity contribution in [2.45, 2.75) is 39.7 Å². The van der Waals surface area contributed by atoms with Crippen molar-refractivity contribution < 1.29 is 4.74 Å². The molecule has 0 aromatic rings. The van der Waals surface area contributed by atoms with Crippen LogP contribution in [0.3, 0.4) is 0 Å². The first-order valence-electron chi connectivity index (χ1n) is 6.04. The van der Waals surface area contributed by atoms with E-state index in [1.165, 1.54) is 0 Å². The summed E-state index contributed by atoms with van der Waals surface area (Å²) in [4.78, 5) is 2.39. The maximum Gasteiger partial charge on any atom is 0.0633 e. The van der Waals surface area contributed by atoms with E-state index in [9.17, 15) is 0 Å². The van der Waals surface area contributed by atoms with Crippen molar-refractivity contribution in [2.24, 2.45) is 5.84 Å². The Kier molecular flexibility index (Phi) is 10.3. The first-order valence-corrected chi connectivity index (χ1v) is 6.04. The van der Waals surface area contributed by atoms with Crippen LogP contribution < -0.4 is 11.3 Å². The quantitative estimate of drug-likeness (QED) is 0.325. The summed E-state index contributed by atoms with van der Waals surface area (Å²) in [6.45, 7) is 11.3. The van der Waals surface area contributed by atoms with Crippen LogP contribution in [-0.2, 0) is 4.74 Å². The molecule has 0 radical (unpaired) electrons. The van der Waals surface area contributed by atoms with Gasteiger partial charge in [0.15, 0.2) is 0 Å². The third-order valence-corrected chi connectivity index (χ3v) is 2.59. The fourth-order valence-electron chi connectivity index (χ4n) is 1.46.